The minimum absolute atomic E-state index is 0.0392. The SMILES string of the molecule is CC(=O)Nc1ccc(C)cc1NC(=O)CC1CCCOC1. The number of nitrogens with one attached hydrogen (secondary N) is 2. The van der Waals surface area contributed by atoms with Gasteiger partial charge in [-0.25, -0.2) is 0 Å². The molecule has 0 saturated carbocycles. The third kappa shape index (κ3) is 4.86. The van der Waals surface area contributed by atoms with E-state index < -0.39 is 0 Å². The number of anilines is 2. The lowest BCUT2D eigenvalue weighted by molar-refractivity contribution is -0.118. The van der Waals surface area contributed by atoms with Gasteiger partial charge in [-0.1, -0.05) is 6.07 Å². The van der Waals surface area contributed by atoms with Gasteiger partial charge in [0.15, 0.2) is 0 Å². The maximum atomic E-state index is 12.2. The van der Waals surface area contributed by atoms with Crippen LogP contribution in [0.2, 0.25) is 0 Å². The van der Waals surface area contributed by atoms with Crippen LogP contribution in [0.3, 0.4) is 0 Å². The number of carbonyl (C=O) groups excluding carboxylic acids is 2. The van der Waals surface area contributed by atoms with Crippen molar-refractivity contribution in [3.8, 4) is 0 Å². The molecule has 2 amide bonds. The molecule has 2 N–H and O–H groups in total. The van der Waals surface area contributed by atoms with Crippen molar-refractivity contribution in [3.05, 3.63) is 23.8 Å². The molecule has 2 rings (SSSR count). The van der Waals surface area contributed by atoms with E-state index in [2.05, 4.69) is 10.6 Å². The minimum Gasteiger partial charge on any atom is -0.381 e. The van der Waals surface area contributed by atoms with Crippen LogP contribution in [0.25, 0.3) is 0 Å². The van der Waals surface area contributed by atoms with Gasteiger partial charge in [0.05, 0.1) is 11.4 Å². The Kier molecular flexibility index (Phi) is 5.33. The molecule has 1 aromatic rings. The van der Waals surface area contributed by atoms with Gasteiger partial charge >= 0.3 is 0 Å². The predicted octanol–water partition coefficient (Wildman–Crippen LogP) is 2.71. The summed E-state index contributed by atoms with van der Waals surface area (Å²) in [5.41, 5.74) is 2.30. The normalized spacial score (nSPS) is 18.1. The highest BCUT2D eigenvalue weighted by atomic mass is 16.5. The number of ether oxygens (including phenoxy) is 1. The van der Waals surface area contributed by atoms with E-state index in [0.717, 1.165) is 25.0 Å². The quantitative estimate of drug-likeness (QED) is 0.896. The zero-order chi connectivity index (χ0) is 15.2. The van der Waals surface area contributed by atoms with Gasteiger partial charge < -0.3 is 15.4 Å². The molecule has 1 aromatic carbocycles. The fourth-order valence-electron chi connectivity index (χ4n) is 2.49. The van der Waals surface area contributed by atoms with Crippen molar-refractivity contribution in [2.75, 3.05) is 23.8 Å². The van der Waals surface area contributed by atoms with Crippen LogP contribution in [-0.2, 0) is 14.3 Å². The van der Waals surface area contributed by atoms with Crippen LogP contribution in [0.4, 0.5) is 11.4 Å². The maximum absolute atomic E-state index is 12.2. The summed E-state index contributed by atoms with van der Waals surface area (Å²) in [6, 6.07) is 5.56. The fourth-order valence-corrected chi connectivity index (χ4v) is 2.49. The monoisotopic (exact) mass is 290 g/mol. The number of amides is 2. The van der Waals surface area contributed by atoms with Crippen LogP contribution in [0.1, 0.15) is 31.7 Å². The highest BCUT2D eigenvalue weighted by Crippen LogP contribution is 2.24. The summed E-state index contributed by atoms with van der Waals surface area (Å²) in [5.74, 6) is 0.0884. The van der Waals surface area contributed by atoms with Gasteiger partial charge in [0.2, 0.25) is 11.8 Å². The van der Waals surface area contributed by atoms with Crippen LogP contribution >= 0.6 is 0 Å². The molecule has 0 bridgehead atoms. The summed E-state index contributed by atoms with van der Waals surface area (Å²) in [7, 11) is 0. The molecular weight excluding hydrogens is 268 g/mol. The van der Waals surface area contributed by atoms with Crippen molar-refractivity contribution < 1.29 is 14.3 Å². The zero-order valence-corrected chi connectivity index (χ0v) is 12.6. The van der Waals surface area contributed by atoms with Crippen molar-refractivity contribution in [3.63, 3.8) is 0 Å². The Hall–Kier alpha value is -1.88. The smallest absolute Gasteiger partial charge is 0.224 e. The van der Waals surface area contributed by atoms with Gasteiger partial charge in [-0.05, 0) is 43.4 Å². The molecule has 114 valence electrons. The van der Waals surface area contributed by atoms with Crippen LogP contribution < -0.4 is 10.6 Å². The highest BCUT2D eigenvalue weighted by molar-refractivity contribution is 5.99. The topological polar surface area (TPSA) is 67.4 Å². The molecule has 1 atom stereocenters. The number of hydrogen-bond donors (Lipinski definition) is 2. The van der Waals surface area contributed by atoms with Gasteiger partial charge in [-0.2, -0.15) is 0 Å². The molecule has 1 fully saturated rings. The largest absolute Gasteiger partial charge is 0.381 e. The standard InChI is InChI=1S/C16H22N2O3/c1-11-5-6-14(17-12(2)19)15(8-11)18-16(20)9-13-4-3-7-21-10-13/h5-6,8,13H,3-4,7,9-10H2,1-2H3,(H,17,19)(H,18,20). The summed E-state index contributed by atoms with van der Waals surface area (Å²) in [6.07, 6.45) is 2.49. The number of hydrogen-bond acceptors (Lipinski definition) is 3. The molecular formula is C16H22N2O3. The second-order valence-corrected chi connectivity index (χ2v) is 5.57. The summed E-state index contributed by atoms with van der Waals surface area (Å²) in [6.45, 7) is 4.84. The molecule has 1 heterocycles. The van der Waals surface area contributed by atoms with Gasteiger partial charge in [0.25, 0.3) is 0 Å². The Balaban J connectivity index is 2.01. The molecule has 0 spiro atoms. The summed E-state index contributed by atoms with van der Waals surface area (Å²) < 4.78 is 5.39. The van der Waals surface area contributed by atoms with E-state index >= 15 is 0 Å². The van der Waals surface area contributed by atoms with E-state index in [0.29, 0.717) is 24.4 Å². The second kappa shape index (κ2) is 7.22. The summed E-state index contributed by atoms with van der Waals surface area (Å²) >= 11 is 0. The van der Waals surface area contributed by atoms with Crippen molar-refractivity contribution in [2.45, 2.75) is 33.1 Å². The van der Waals surface area contributed by atoms with E-state index in [1.807, 2.05) is 19.1 Å². The fraction of sp³-hybridized carbons (Fsp3) is 0.500. The lowest BCUT2D eigenvalue weighted by atomic mass is 9.98. The van der Waals surface area contributed by atoms with Gasteiger partial charge in [0.1, 0.15) is 0 Å². The number of carbonyl (C=O) groups is 2. The van der Waals surface area contributed by atoms with E-state index in [1.165, 1.54) is 6.92 Å². The van der Waals surface area contributed by atoms with Crippen molar-refractivity contribution in [1.82, 2.24) is 0 Å². The number of benzene rings is 1. The van der Waals surface area contributed by atoms with Gasteiger partial charge in [0, 0.05) is 26.6 Å². The Labute approximate surface area is 125 Å². The van der Waals surface area contributed by atoms with Crippen molar-refractivity contribution in [1.29, 1.82) is 0 Å². The van der Waals surface area contributed by atoms with E-state index in [1.54, 1.807) is 6.07 Å². The maximum Gasteiger partial charge on any atom is 0.224 e. The molecule has 5 heteroatoms. The van der Waals surface area contributed by atoms with E-state index in [-0.39, 0.29) is 17.7 Å². The number of rotatable bonds is 4. The molecule has 1 aliphatic heterocycles. The third-order valence-electron chi connectivity index (χ3n) is 3.49. The molecule has 0 aromatic heterocycles. The van der Waals surface area contributed by atoms with Gasteiger partial charge in [-0.15, -0.1) is 0 Å². The van der Waals surface area contributed by atoms with Crippen molar-refractivity contribution in [2.24, 2.45) is 5.92 Å². The second-order valence-electron chi connectivity index (χ2n) is 5.57. The lowest BCUT2D eigenvalue weighted by Gasteiger charge is -2.21. The first-order valence-corrected chi connectivity index (χ1v) is 7.30. The Bertz CT molecular complexity index is 522. The van der Waals surface area contributed by atoms with Crippen LogP contribution in [0, 0.1) is 12.8 Å². The van der Waals surface area contributed by atoms with Crippen LogP contribution in [-0.4, -0.2) is 25.0 Å². The number of aryl methyl sites for hydroxylation is 1. The van der Waals surface area contributed by atoms with Crippen molar-refractivity contribution >= 4 is 23.2 Å². The van der Waals surface area contributed by atoms with Crippen LogP contribution in [0.5, 0.6) is 0 Å². The minimum atomic E-state index is -0.157. The molecule has 5 nitrogen and oxygen atoms in total. The van der Waals surface area contributed by atoms with E-state index in [4.69, 9.17) is 4.74 Å². The first kappa shape index (κ1) is 15.5. The zero-order valence-electron chi connectivity index (χ0n) is 12.6. The summed E-state index contributed by atoms with van der Waals surface area (Å²) in [4.78, 5) is 23.4. The Morgan fingerprint density at radius 2 is 2.10 bits per heavy atom. The lowest BCUT2D eigenvalue weighted by Crippen LogP contribution is -2.24. The molecule has 1 aliphatic rings. The molecule has 21 heavy (non-hydrogen) atoms. The van der Waals surface area contributed by atoms with Crippen LogP contribution in [0.15, 0.2) is 18.2 Å². The summed E-state index contributed by atoms with van der Waals surface area (Å²) in [5, 5.41) is 5.63. The van der Waals surface area contributed by atoms with E-state index in [9.17, 15) is 9.59 Å². The average molecular weight is 290 g/mol. The Morgan fingerprint density at radius 3 is 2.76 bits per heavy atom. The molecule has 0 aliphatic carbocycles. The highest BCUT2D eigenvalue weighted by Gasteiger charge is 2.18. The van der Waals surface area contributed by atoms with Gasteiger partial charge in [-0.3, -0.25) is 9.59 Å². The average Bonchev–Trinajstić information content (AvgIpc) is 2.42. The molecule has 1 saturated heterocycles. The molecule has 0 radical (unpaired) electrons. The third-order valence-corrected chi connectivity index (χ3v) is 3.49. The molecule has 1 unspecified atom stereocenters. The predicted molar refractivity (Wildman–Crippen MR) is 82.3 cm³/mol. The first-order valence-electron chi connectivity index (χ1n) is 7.30. The Morgan fingerprint density at radius 1 is 1.29 bits per heavy atom. The first-order chi connectivity index (χ1) is 10.0.